The number of nitrogens with one attached hydrogen (secondary N) is 2. The van der Waals surface area contributed by atoms with Gasteiger partial charge in [0.15, 0.2) is 11.2 Å². The summed E-state index contributed by atoms with van der Waals surface area (Å²) in [4.78, 5) is 31.4. The number of rotatable bonds is 8. The Morgan fingerprint density at radius 3 is 2.62 bits per heavy atom. The lowest BCUT2D eigenvalue weighted by molar-refractivity contribution is 0.0938. The van der Waals surface area contributed by atoms with E-state index in [9.17, 15) is 14.7 Å². The van der Waals surface area contributed by atoms with E-state index in [2.05, 4.69) is 36.4 Å². The van der Waals surface area contributed by atoms with Crippen LogP contribution >= 0.6 is 15.9 Å². The van der Waals surface area contributed by atoms with Crippen molar-refractivity contribution in [2.75, 3.05) is 12.0 Å². The fourth-order valence-corrected chi connectivity index (χ4v) is 3.62. The van der Waals surface area contributed by atoms with Crippen LogP contribution in [-0.2, 0) is 13.6 Å². The van der Waals surface area contributed by atoms with Gasteiger partial charge in [-0.1, -0.05) is 46.3 Å². The largest absolute Gasteiger partial charge is 0.491 e. The molecule has 1 unspecified atom stereocenters. The van der Waals surface area contributed by atoms with Crippen molar-refractivity contribution in [3.05, 3.63) is 85.5 Å². The van der Waals surface area contributed by atoms with Gasteiger partial charge in [0.05, 0.1) is 12.3 Å². The minimum Gasteiger partial charge on any atom is -0.491 e. The maximum absolute atomic E-state index is 12.6. The third-order valence-corrected chi connectivity index (χ3v) is 5.70. The van der Waals surface area contributed by atoms with E-state index in [0.29, 0.717) is 11.5 Å². The van der Waals surface area contributed by atoms with Crippen molar-refractivity contribution < 1.29 is 9.84 Å². The van der Waals surface area contributed by atoms with Gasteiger partial charge in [-0.15, -0.1) is 0 Å². The molecule has 2 heterocycles. The molecule has 0 fully saturated rings. The van der Waals surface area contributed by atoms with Crippen molar-refractivity contribution in [3.63, 3.8) is 0 Å². The molecule has 0 saturated heterocycles. The van der Waals surface area contributed by atoms with E-state index in [1.54, 1.807) is 12.1 Å². The normalized spacial score (nSPS) is 12.6. The number of imidazole rings is 1. The van der Waals surface area contributed by atoms with E-state index in [-0.39, 0.29) is 30.3 Å². The highest BCUT2D eigenvalue weighted by Crippen LogP contribution is 2.18. The Labute approximate surface area is 202 Å². The summed E-state index contributed by atoms with van der Waals surface area (Å²) in [6.07, 6.45) is -0.966. The highest BCUT2D eigenvalue weighted by molar-refractivity contribution is 9.10. The van der Waals surface area contributed by atoms with E-state index < -0.39 is 17.4 Å². The van der Waals surface area contributed by atoms with Crippen molar-refractivity contribution in [1.29, 1.82) is 0 Å². The number of hydrogen-bond acceptors (Lipinski definition) is 7. The molecule has 0 bridgehead atoms. The number of hydrogen-bond donors (Lipinski definition) is 3. The maximum Gasteiger partial charge on any atom is 0.329 e. The van der Waals surface area contributed by atoms with Crippen LogP contribution in [0.2, 0.25) is 0 Å². The van der Waals surface area contributed by atoms with Crippen LogP contribution in [0.25, 0.3) is 11.2 Å². The molecule has 2 aromatic carbocycles. The third kappa shape index (κ3) is 5.10. The second-order valence-electron chi connectivity index (χ2n) is 7.63. The van der Waals surface area contributed by atoms with Gasteiger partial charge in [-0.2, -0.15) is 10.1 Å². The number of nitrogens with zero attached hydrogens (tertiary/aromatic N) is 4. The number of aliphatic hydroxyl groups excluding tert-OH is 1. The fraction of sp³-hybridized carbons (Fsp3) is 0.217. The van der Waals surface area contributed by atoms with Crippen LogP contribution in [0.3, 0.4) is 0 Å². The Bertz CT molecular complexity index is 1440. The highest BCUT2D eigenvalue weighted by Gasteiger charge is 2.20. The van der Waals surface area contributed by atoms with E-state index in [1.807, 2.05) is 49.4 Å². The second-order valence-corrected chi connectivity index (χ2v) is 8.55. The molecule has 0 amide bonds. The number of ether oxygens (including phenoxy) is 1. The molecule has 0 aliphatic carbocycles. The molecule has 3 N–H and O–H groups in total. The van der Waals surface area contributed by atoms with Gasteiger partial charge in [0.1, 0.15) is 18.5 Å². The first-order chi connectivity index (χ1) is 16.3. The van der Waals surface area contributed by atoms with E-state index in [0.717, 1.165) is 10.0 Å². The summed E-state index contributed by atoms with van der Waals surface area (Å²) < 4.78 is 9.30. The number of hydrazone groups is 1. The van der Waals surface area contributed by atoms with Gasteiger partial charge >= 0.3 is 5.69 Å². The van der Waals surface area contributed by atoms with Crippen LogP contribution in [0.1, 0.15) is 12.5 Å². The van der Waals surface area contributed by atoms with E-state index >= 15 is 0 Å². The molecule has 2 aromatic heterocycles. The van der Waals surface area contributed by atoms with Crippen molar-refractivity contribution in [2.45, 2.75) is 19.6 Å². The second kappa shape index (κ2) is 10.1. The topological polar surface area (TPSA) is 127 Å². The number of halogens is 1. The van der Waals surface area contributed by atoms with Gasteiger partial charge in [0.25, 0.3) is 5.56 Å². The minimum absolute atomic E-state index is 0.00597. The van der Waals surface area contributed by atoms with Gasteiger partial charge in [-0.05, 0) is 36.8 Å². The molecule has 0 saturated carbocycles. The molecule has 4 rings (SSSR count). The maximum atomic E-state index is 12.6. The molecule has 10 nitrogen and oxygen atoms in total. The van der Waals surface area contributed by atoms with Gasteiger partial charge < -0.3 is 14.4 Å². The molecule has 0 spiro atoms. The fourth-order valence-electron chi connectivity index (χ4n) is 3.36. The number of anilines is 1. The minimum atomic E-state index is -0.966. The molecule has 34 heavy (non-hydrogen) atoms. The Balaban J connectivity index is 1.65. The first-order valence-electron chi connectivity index (χ1n) is 10.4. The quantitative estimate of drug-likeness (QED) is 0.239. The molecule has 0 aliphatic heterocycles. The van der Waals surface area contributed by atoms with Crippen LogP contribution in [0.5, 0.6) is 5.75 Å². The predicted octanol–water partition coefficient (Wildman–Crippen LogP) is 2.46. The average Bonchev–Trinajstić information content (AvgIpc) is 3.19. The first-order valence-corrected chi connectivity index (χ1v) is 11.2. The van der Waals surface area contributed by atoms with Crippen LogP contribution in [-0.4, -0.2) is 42.6 Å². The van der Waals surface area contributed by atoms with Crippen LogP contribution in [0, 0.1) is 0 Å². The van der Waals surface area contributed by atoms with Gasteiger partial charge in [0, 0.05) is 11.5 Å². The van der Waals surface area contributed by atoms with Gasteiger partial charge in [-0.25, -0.2) is 10.2 Å². The van der Waals surface area contributed by atoms with Crippen molar-refractivity contribution in [3.8, 4) is 5.75 Å². The summed E-state index contributed by atoms with van der Waals surface area (Å²) in [6.45, 7) is 1.81. The molecular formula is C23H23BrN6O4. The number of aryl methyl sites for hydroxylation is 1. The molecule has 11 heteroatoms. The van der Waals surface area contributed by atoms with Crippen molar-refractivity contribution >= 4 is 38.8 Å². The standard InChI is InChI=1S/C23H23BrN6O4/c1-14(15-8-10-16(24)11-9-15)27-28-22-25-20-19(21(32)26-23(33)29(20)2)30(22)12-17(31)13-34-18-6-4-3-5-7-18/h3-11,17,31H,12-13H2,1-2H3,(H,25,28)(H,26,32,33). The molecular weight excluding hydrogens is 504 g/mol. The Morgan fingerprint density at radius 2 is 1.91 bits per heavy atom. The van der Waals surface area contributed by atoms with E-state index in [1.165, 1.54) is 16.2 Å². The number of H-pyrrole nitrogens is 1. The number of aliphatic hydroxyl groups is 1. The summed E-state index contributed by atoms with van der Waals surface area (Å²) in [6, 6.07) is 16.7. The van der Waals surface area contributed by atoms with Crippen molar-refractivity contribution in [2.24, 2.45) is 12.1 Å². The zero-order valence-electron chi connectivity index (χ0n) is 18.5. The summed E-state index contributed by atoms with van der Waals surface area (Å²) in [5.74, 6) is 0.822. The van der Waals surface area contributed by atoms with Crippen LogP contribution in [0.4, 0.5) is 5.95 Å². The summed E-state index contributed by atoms with van der Waals surface area (Å²) in [5, 5.41) is 15.0. The number of benzene rings is 2. The number of aromatic amines is 1. The highest BCUT2D eigenvalue weighted by atomic mass is 79.9. The summed E-state index contributed by atoms with van der Waals surface area (Å²) in [5.41, 5.74) is 3.56. The Hall–Kier alpha value is -3.70. The van der Waals surface area contributed by atoms with Crippen LogP contribution < -0.4 is 21.4 Å². The Kier molecular flexibility index (Phi) is 6.94. The smallest absolute Gasteiger partial charge is 0.329 e. The zero-order valence-corrected chi connectivity index (χ0v) is 20.1. The molecule has 1 atom stereocenters. The number of para-hydroxylation sites is 1. The van der Waals surface area contributed by atoms with Crippen molar-refractivity contribution in [1.82, 2.24) is 19.1 Å². The monoisotopic (exact) mass is 526 g/mol. The van der Waals surface area contributed by atoms with Gasteiger partial charge in [-0.3, -0.25) is 14.3 Å². The number of aromatic nitrogens is 4. The summed E-state index contributed by atoms with van der Waals surface area (Å²) in [7, 11) is 1.51. The lowest BCUT2D eigenvalue weighted by Gasteiger charge is -2.15. The molecule has 176 valence electrons. The molecule has 0 radical (unpaired) electrons. The summed E-state index contributed by atoms with van der Waals surface area (Å²) >= 11 is 3.41. The lowest BCUT2D eigenvalue weighted by atomic mass is 10.1. The lowest BCUT2D eigenvalue weighted by Crippen LogP contribution is -2.30. The zero-order chi connectivity index (χ0) is 24.2. The Morgan fingerprint density at radius 1 is 1.21 bits per heavy atom. The third-order valence-electron chi connectivity index (χ3n) is 5.17. The molecule has 4 aromatic rings. The SMILES string of the molecule is CC(=NNc1nc2c(c(=O)[nH]c(=O)n2C)n1CC(O)COc1ccccc1)c1ccc(Br)cc1. The average molecular weight is 527 g/mol. The first kappa shape index (κ1) is 23.5. The van der Waals surface area contributed by atoms with Crippen LogP contribution in [0.15, 0.2) is 73.8 Å². The van der Waals surface area contributed by atoms with Gasteiger partial charge in [0.2, 0.25) is 5.95 Å². The molecule has 0 aliphatic rings. The predicted molar refractivity (Wildman–Crippen MR) is 134 cm³/mol. The van der Waals surface area contributed by atoms with E-state index in [4.69, 9.17) is 4.74 Å². The number of fused-ring (bicyclic) bond motifs is 1.